The minimum Gasteiger partial charge on any atom is -0.477 e. The molecule has 0 aromatic carbocycles. The number of carboxylic acid groups (broad SMARTS) is 1. The summed E-state index contributed by atoms with van der Waals surface area (Å²) in [5.74, 6) is -0.491. The average Bonchev–Trinajstić information content (AvgIpc) is 2.83. The third-order valence-electron chi connectivity index (χ3n) is 2.06. The van der Waals surface area contributed by atoms with Gasteiger partial charge >= 0.3 is 5.97 Å². The van der Waals surface area contributed by atoms with Crippen LogP contribution in [0, 0.1) is 0 Å². The first-order valence-electron chi connectivity index (χ1n) is 4.94. The summed E-state index contributed by atoms with van der Waals surface area (Å²) in [6.07, 6.45) is 3.41. The fourth-order valence-electron chi connectivity index (χ4n) is 1.24. The van der Waals surface area contributed by atoms with Gasteiger partial charge in [0, 0.05) is 13.0 Å². The van der Waals surface area contributed by atoms with Crippen LogP contribution < -0.4 is 5.32 Å². The summed E-state index contributed by atoms with van der Waals surface area (Å²) in [7, 11) is 0. The number of rotatable bonds is 5. The van der Waals surface area contributed by atoms with Gasteiger partial charge in [0.15, 0.2) is 6.33 Å². The summed E-state index contributed by atoms with van der Waals surface area (Å²) in [5.41, 5.74) is 0.766. The zero-order valence-corrected chi connectivity index (χ0v) is 8.83. The summed E-state index contributed by atoms with van der Waals surface area (Å²) in [6, 6.07) is 3.10. The second kappa shape index (κ2) is 5.06. The Morgan fingerprint density at radius 2 is 2.29 bits per heavy atom. The second-order valence-corrected chi connectivity index (χ2v) is 3.25. The Bertz CT molecular complexity index is 481. The SMILES string of the molecule is O=C(O)c1ccc(NCCc2ncno2)cn1. The van der Waals surface area contributed by atoms with E-state index in [1.165, 1.54) is 18.6 Å². The maximum absolute atomic E-state index is 10.6. The normalized spacial score (nSPS) is 10.1. The molecule has 0 spiro atoms. The van der Waals surface area contributed by atoms with Crippen LogP contribution in [0.25, 0.3) is 0 Å². The Hall–Kier alpha value is -2.44. The van der Waals surface area contributed by atoms with Gasteiger partial charge < -0.3 is 14.9 Å². The zero-order chi connectivity index (χ0) is 12.1. The molecule has 7 nitrogen and oxygen atoms in total. The van der Waals surface area contributed by atoms with E-state index in [2.05, 4.69) is 20.4 Å². The third kappa shape index (κ3) is 3.00. The molecular weight excluding hydrogens is 224 g/mol. The summed E-state index contributed by atoms with van der Waals surface area (Å²) < 4.78 is 4.83. The maximum Gasteiger partial charge on any atom is 0.354 e. The van der Waals surface area contributed by atoms with E-state index in [1.54, 1.807) is 6.07 Å². The van der Waals surface area contributed by atoms with Crippen molar-refractivity contribution in [2.75, 3.05) is 11.9 Å². The minimum atomic E-state index is -1.04. The van der Waals surface area contributed by atoms with E-state index >= 15 is 0 Å². The van der Waals surface area contributed by atoms with Crippen molar-refractivity contribution in [2.24, 2.45) is 0 Å². The summed E-state index contributed by atoms with van der Waals surface area (Å²) in [4.78, 5) is 18.2. The van der Waals surface area contributed by atoms with Crippen LogP contribution in [0.4, 0.5) is 5.69 Å². The van der Waals surface area contributed by atoms with Crippen molar-refractivity contribution in [1.82, 2.24) is 15.1 Å². The molecule has 2 heterocycles. The first-order valence-corrected chi connectivity index (χ1v) is 4.94. The number of aromatic carboxylic acids is 1. The van der Waals surface area contributed by atoms with Crippen LogP contribution in [0.1, 0.15) is 16.4 Å². The van der Waals surface area contributed by atoms with Gasteiger partial charge in [-0.25, -0.2) is 9.78 Å². The predicted octanol–water partition coefficient (Wildman–Crippen LogP) is 0.817. The van der Waals surface area contributed by atoms with Crippen molar-refractivity contribution in [1.29, 1.82) is 0 Å². The van der Waals surface area contributed by atoms with Gasteiger partial charge in [0.1, 0.15) is 5.69 Å². The Kier molecular flexibility index (Phi) is 3.29. The lowest BCUT2D eigenvalue weighted by Crippen LogP contribution is -2.06. The highest BCUT2D eigenvalue weighted by Crippen LogP contribution is 2.06. The van der Waals surface area contributed by atoms with Gasteiger partial charge in [-0.2, -0.15) is 4.98 Å². The van der Waals surface area contributed by atoms with Crippen LogP contribution in [-0.2, 0) is 6.42 Å². The number of hydrogen-bond donors (Lipinski definition) is 2. The molecule has 2 aromatic rings. The number of nitrogens with zero attached hydrogens (tertiary/aromatic N) is 3. The average molecular weight is 234 g/mol. The largest absolute Gasteiger partial charge is 0.477 e. The molecule has 7 heteroatoms. The lowest BCUT2D eigenvalue weighted by Gasteiger charge is -2.03. The van der Waals surface area contributed by atoms with Gasteiger partial charge in [0.05, 0.1) is 11.9 Å². The molecule has 88 valence electrons. The van der Waals surface area contributed by atoms with Gasteiger partial charge in [-0.3, -0.25) is 0 Å². The highest BCUT2D eigenvalue weighted by atomic mass is 16.5. The van der Waals surface area contributed by atoms with Gasteiger partial charge in [-0.05, 0) is 12.1 Å². The van der Waals surface area contributed by atoms with Crippen LogP contribution in [0.15, 0.2) is 29.2 Å². The monoisotopic (exact) mass is 234 g/mol. The van der Waals surface area contributed by atoms with Gasteiger partial charge in [-0.1, -0.05) is 5.16 Å². The molecule has 2 aromatic heterocycles. The molecule has 0 aliphatic carbocycles. The molecule has 0 atom stereocenters. The fourth-order valence-corrected chi connectivity index (χ4v) is 1.24. The molecule has 0 aliphatic heterocycles. The van der Waals surface area contributed by atoms with Crippen molar-refractivity contribution in [2.45, 2.75) is 6.42 Å². The van der Waals surface area contributed by atoms with Crippen molar-refractivity contribution in [3.05, 3.63) is 36.2 Å². The molecule has 2 N–H and O–H groups in total. The molecule has 0 fully saturated rings. The number of nitrogens with one attached hydrogen (secondary N) is 1. The van der Waals surface area contributed by atoms with Gasteiger partial charge in [-0.15, -0.1) is 0 Å². The first kappa shape index (κ1) is 11.1. The van der Waals surface area contributed by atoms with E-state index in [9.17, 15) is 4.79 Å². The van der Waals surface area contributed by atoms with Crippen molar-refractivity contribution in [3.63, 3.8) is 0 Å². The van der Waals surface area contributed by atoms with E-state index in [0.717, 1.165) is 5.69 Å². The Morgan fingerprint density at radius 3 is 2.88 bits per heavy atom. The minimum absolute atomic E-state index is 0.0208. The van der Waals surface area contributed by atoms with Crippen LogP contribution in [-0.4, -0.2) is 32.7 Å². The molecule has 2 rings (SSSR count). The van der Waals surface area contributed by atoms with Crippen LogP contribution >= 0.6 is 0 Å². The number of carboxylic acids is 1. The molecule has 0 bridgehead atoms. The number of aromatic nitrogens is 3. The smallest absolute Gasteiger partial charge is 0.354 e. The lowest BCUT2D eigenvalue weighted by molar-refractivity contribution is 0.0690. The number of anilines is 1. The third-order valence-corrected chi connectivity index (χ3v) is 2.06. The molecule has 0 unspecified atom stereocenters. The van der Waals surface area contributed by atoms with Crippen LogP contribution in [0.5, 0.6) is 0 Å². The Labute approximate surface area is 96.5 Å². The summed E-state index contributed by atoms with van der Waals surface area (Å²) in [5, 5.41) is 15.2. The maximum atomic E-state index is 10.6. The van der Waals surface area contributed by atoms with Gasteiger partial charge in [0.25, 0.3) is 0 Å². The predicted molar refractivity (Wildman–Crippen MR) is 57.7 cm³/mol. The van der Waals surface area contributed by atoms with Crippen molar-refractivity contribution >= 4 is 11.7 Å². The van der Waals surface area contributed by atoms with Crippen molar-refractivity contribution < 1.29 is 14.4 Å². The van der Waals surface area contributed by atoms with E-state index in [4.69, 9.17) is 9.63 Å². The molecule has 0 amide bonds. The number of hydrogen-bond acceptors (Lipinski definition) is 6. The number of carbonyl (C=O) groups is 1. The quantitative estimate of drug-likeness (QED) is 0.789. The van der Waals surface area contributed by atoms with E-state index < -0.39 is 5.97 Å². The molecule has 0 saturated heterocycles. The Balaban J connectivity index is 1.85. The standard InChI is InChI=1S/C10H10N4O3/c15-10(16)8-2-1-7(5-12-8)11-4-3-9-13-6-14-17-9/h1-2,5-6,11H,3-4H2,(H,15,16). The molecule has 0 saturated carbocycles. The topological polar surface area (TPSA) is 101 Å². The molecular formula is C10H10N4O3. The van der Waals surface area contributed by atoms with Crippen LogP contribution in [0.2, 0.25) is 0 Å². The highest BCUT2D eigenvalue weighted by Gasteiger charge is 2.03. The van der Waals surface area contributed by atoms with Gasteiger partial charge in [0.2, 0.25) is 5.89 Å². The summed E-state index contributed by atoms with van der Waals surface area (Å²) >= 11 is 0. The lowest BCUT2D eigenvalue weighted by atomic mass is 10.3. The molecule has 17 heavy (non-hydrogen) atoms. The summed E-state index contributed by atoms with van der Waals surface area (Å²) in [6.45, 7) is 0.607. The van der Waals surface area contributed by atoms with Crippen molar-refractivity contribution in [3.8, 4) is 0 Å². The first-order chi connectivity index (χ1) is 8.25. The van der Waals surface area contributed by atoms with E-state index in [0.29, 0.717) is 18.9 Å². The second-order valence-electron chi connectivity index (χ2n) is 3.25. The number of pyridine rings is 1. The zero-order valence-electron chi connectivity index (χ0n) is 8.83. The molecule has 0 aliphatic rings. The van der Waals surface area contributed by atoms with E-state index in [1.807, 2.05) is 0 Å². The molecule has 0 radical (unpaired) electrons. The Morgan fingerprint density at radius 1 is 1.41 bits per heavy atom. The fraction of sp³-hybridized carbons (Fsp3) is 0.200. The van der Waals surface area contributed by atoms with Crippen LogP contribution in [0.3, 0.4) is 0 Å². The highest BCUT2D eigenvalue weighted by molar-refractivity contribution is 5.85. The van der Waals surface area contributed by atoms with E-state index in [-0.39, 0.29) is 5.69 Å².